The third-order valence-corrected chi connectivity index (χ3v) is 6.66. The zero-order chi connectivity index (χ0) is 25.5. The molecule has 0 aromatic heterocycles. The van der Waals surface area contributed by atoms with Crippen LogP contribution in [0, 0.1) is 10.8 Å². The third-order valence-electron chi connectivity index (χ3n) is 6.66. The van der Waals surface area contributed by atoms with E-state index in [1.807, 2.05) is 12.1 Å². The van der Waals surface area contributed by atoms with Gasteiger partial charge in [-0.25, -0.2) is 0 Å². The molecule has 189 valence electrons. The van der Waals surface area contributed by atoms with Crippen molar-refractivity contribution in [3.8, 4) is 0 Å². The molecule has 0 amide bonds. The molecule has 3 N–H and O–H groups in total. The monoisotopic (exact) mass is 532 g/mol. The van der Waals surface area contributed by atoms with Crippen molar-refractivity contribution in [1.29, 1.82) is 10.8 Å². The molecule has 4 aromatic carbocycles. The second-order valence-corrected chi connectivity index (χ2v) is 9.05. The second-order valence-electron chi connectivity index (χ2n) is 9.05. The Hall–Kier alpha value is -3.93. The van der Waals surface area contributed by atoms with Gasteiger partial charge in [-0.2, -0.15) is 0 Å². The summed E-state index contributed by atoms with van der Waals surface area (Å²) in [6, 6.07) is 32.6. The van der Waals surface area contributed by atoms with Crippen LogP contribution in [0.2, 0.25) is 0 Å². The minimum absolute atomic E-state index is 0. The molecule has 0 fully saturated rings. The number of hydrogen-bond donors (Lipinski definition) is 3. The molecule has 1 aliphatic rings. The van der Waals surface area contributed by atoms with E-state index in [0.717, 1.165) is 6.42 Å². The van der Waals surface area contributed by atoms with Gasteiger partial charge in [0, 0.05) is 52.4 Å². The van der Waals surface area contributed by atoms with Crippen LogP contribution in [0.25, 0.3) is 10.8 Å². The number of aliphatic hydroxyl groups is 1. The number of nitrogens with one attached hydrogen (secondary N) is 2. The molecule has 1 aliphatic heterocycles. The molecule has 37 heavy (non-hydrogen) atoms. The third kappa shape index (κ3) is 5.90. The van der Waals surface area contributed by atoms with Crippen molar-refractivity contribution in [3.05, 3.63) is 138 Å². The average molecular weight is 533 g/mol. The number of benzene rings is 4. The molecule has 0 saturated heterocycles. The number of allylic oxidation sites excluding steroid dienone is 4. The maximum atomic E-state index is 8.61. The number of fused-ring (bicyclic) bond motifs is 3. The van der Waals surface area contributed by atoms with E-state index in [1.54, 1.807) is 30.3 Å². The van der Waals surface area contributed by atoms with Gasteiger partial charge in [0.15, 0.2) is 0 Å². The SMILES string of the molecule is CN1/C(=C\C=C\C=N)C(C)(Cc2ccccc2)c2c1ccc1ccccc21.N=C(O)c1ccccc1.[Co]. The standard InChI is InChI=1S/C25H24N2.C7H7NO.Co/c1-25(18-19-10-4-3-5-11-19)23(14-8-9-17-26)27(2)22-16-15-20-12-6-7-13-21(20)24(22)25;8-7(9)6-4-2-1-3-5-6;/h3-17,26H,18H2,1-2H3;1-5H,(H2,8,9);/b9-8+,23-14-,26-17?;;. The van der Waals surface area contributed by atoms with Crippen LogP contribution in [0.5, 0.6) is 0 Å². The zero-order valence-electron chi connectivity index (χ0n) is 21.0. The van der Waals surface area contributed by atoms with Crippen molar-refractivity contribution in [3.63, 3.8) is 0 Å². The maximum Gasteiger partial charge on any atom is 0.210 e. The van der Waals surface area contributed by atoms with Gasteiger partial charge < -0.3 is 15.4 Å². The van der Waals surface area contributed by atoms with Crippen molar-refractivity contribution < 1.29 is 21.9 Å². The molecular weight excluding hydrogens is 501 g/mol. The van der Waals surface area contributed by atoms with Crippen molar-refractivity contribution in [1.82, 2.24) is 0 Å². The minimum atomic E-state index is -0.379. The van der Waals surface area contributed by atoms with Crippen LogP contribution in [0.4, 0.5) is 5.69 Å². The number of aliphatic hydroxyl groups excluding tert-OH is 1. The first-order chi connectivity index (χ1) is 17.5. The van der Waals surface area contributed by atoms with Gasteiger partial charge in [0.05, 0.1) is 0 Å². The number of anilines is 1. The van der Waals surface area contributed by atoms with Crippen LogP contribution in [-0.4, -0.2) is 24.3 Å². The largest absolute Gasteiger partial charge is 0.493 e. The molecule has 5 rings (SSSR count). The van der Waals surface area contributed by atoms with Crippen LogP contribution in [-0.2, 0) is 28.6 Å². The van der Waals surface area contributed by atoms with E-state index in [2.05, 4.69) is 91.7 Å². The smallest absolute Gasteiger partial charge is 0.210 e. The van der Waals surface area contributed by atoms with Crippen molar-refractivity contribution in [2.75, 3.05) is 11.9 Å². The molecule has 1 heterocycles. The summed E-state index contributed by atoms with van der Waals surface area (Å²) in [5.74, 6) is -0.379. The number of nitrogens with zero attached hydrogens (tertiary/aromatic N) is 1. The van der Waals surface area contributed by atoms with E-state index < -0.39 is 0 Å². The molecule has 0 saturated carbocycles. The summed E-state index contributed by atoms with van der Waals surface area (Å²) in [6.45, 7) is 2.35. The maximum absolute atomic E-state index is 8.61. The van der Waals surface area contributed by atoms with Crippen LogP contribution >= 0.6 is 0 Å². The fourth-order valence-corrected chi connectivity index (χ4v) is 5.02. The number of likely N-dealkylation sites (N-methyl/N-ethyl adjacent to an activating group) is 1. The van der Waals surface area contributed by atoms with E-state index in [-0.39, 0.29) is 28.1 Å². The first kappa shape index (κ1) is 27.7. The van der Waals surface area contributed by atoms with Gasteiger partial charge in [-0.1, -0.05) is 84.9 Å². The molecular formula is C32H31CoN3O. The number of hydrogen-bond acceptors (Lipinski definition) is 3. The quantitative estimate of drug-likeness (QED) is 0.185. The Kier molecular flexibility index (Phi) is 9.23. The topological polar surface area (TPSA) is 71.2 Å². The fraction of sp³-hybridized carbons (Fsp3) is 0.125. The van der Waals surface area contributed by atoms with Gasteiger partial charge in [-0.15, -0.1) is 0 Å². The van der Waals surface area contributed by atoms with Crippen molar-refractivity contribution >= 4 is 28.6 Å². The van der Waals surface area contributed by atoms with Crippen molar-refractivity contribution in [2.45, 2.75) is 18.8 Å². The first-order valence-corrected chi connectivity index (χ1v) is 12.0. The Morgan fingerprint density at radius 3 is 2.11 bits per heavy atom. The normalized spacial score (nSPS) is 17.1. The molecule has 1 atom stereocenters. The molecule has 0 bridgehead atoms. The summed E-state index contributed by atoms with van der Waals surface area (Å²) >= 11 is 0. The number of rotatable bonds is 5. The van der Waals surface area contributed by atoms with E-state index in [4.69, 9.17) is 15.9 Å². The van der Waals surface area contributed by atoms with E-state index in [9.17, 15) is 0 Å². The molecule has 5 heteroatoms. The summed E-state index contributed by atoms with van der Waals surface area (Å²) in [5.41, 5.74) is 5.66. The van der Waals surface area contributed by atoms with Crippen LogP contribution in [0.1, 0.15) is 23.6 Å². The molecule has 4 aromatic rings. The second kappa shape index (κ2) is 12.3. The summed E-state index contributed by atoms with van der Waals surface area (Å²) in [5, 5.41) is 25.3. The van der Waals surface area contributed by atoms with E-state index in [1.165, 1.54) is 39.5 Å². The van der Waals surface area contributed by atoms with Crippen LogP contribution < -0.4 is 4.90 Å². The predicted molar refractivity (Wildman–Crippen MR) is 152 cm³/mol. The summed E-state index contributed by atoms with van der Waals surface area (Å²) in [6.07, 6.45) is 8.15. The van der Waals surface area contributed by atoms with Crippen LogP contribution in [0.3, 0.4) is 0 Å². The molecule has 1 radical (unpaired) electrons. The summed E-state index contributed by atoms with van der Waals surface area (Å²) < 4.78 is 0. The summed E-state index contributed by atoms with van der Waals surface area (Å²) in [7, 11) is 2.15. The average Bonchev–Trinajstić information content (AvgIpc) is 3.12. The molecule has 0 aliphatic carbocycles. The Labute approximate surface area is 229 Å². The fourth-order valence-electron chi connectivity index (χ4n) is 5.02. The Balaban J connectivity index is 0.000000324. The van der Waals surface area contributed by atoms with Gasteiger partial charge >= 0.3 is 0 Å². The van der Waals surface area contributed by atoms with Crippen LogP contribution in [0.15, 0.2) is 121 Å². The Bertz CT molecular complexity index is 1430. The predicted octanol–water partition coefficient (Wildman–Crippen LogP) is 7.45. The Morgan fingerprint density at radius 2 is 1.49 bits per heavy atom. The van der Waals surface area contributed by atoms with Gasteiger partial charge in [0.2, 0.25) is 5.90 Å². The van der Waals surface area contributed by atoms with Gasteiger partial charge in [-0.3, -0.25) is 5.41 Å². The van der Waals surface area contributed by atoms with Gasteiger partial charge in [0.25, 0.3) is 0 Å². The van der Waals surface area contributed by atoms with E-state index >= 15 is 0 Å². The van der Waals surface area contributed by atoms with Crippen molar-refractivity contribution in [2.24, 2.45) is 0 Å². The first-order valence-electron chi connectivity index (χ1n) is 12.0. The zero-order valence-corrected chi connectivity index (χ0v) is 22.0. The molecule has 0 spiro atoms. The summed E-state index contributed by atoms with van der Waals surface area (Å²) in [4.78, 5) is 2.30. The molecule has 1 unspecified atom stereocenters. The minimum Gasteiger partial charge on any atom is -0.493 e. The van der Waals surface area contributed by atoms with Gasteiger partial charge in [0.1, 0.15) is 0 Å². The Morgan fingerprint density at radius 1 is 0.865 bits per heavy atom. The molecule has 4 nitrogen and oxygen atoms in total. The van der Waals surface area contributed by atoms with Gasteiger partial charge in [-0.05, 0) is 65.6 Å². The van der Waals surface area contributed by atoms with E-state index in [0.29, 0.717) is 5.56 Å².